The average molecular weight is 293 g/mol. The summed E-state index contributed by atoms with van der Waals surface area (Å²) < 4.78 is 6.64. The van der Waals surface area contributed by atoms with Gasteiger partial charge in [-0.05, 0) is 24.6 Å². The molecular formula is C18H15NO3. The molecule has 2 aromatic heterocycles. The number of pyridine rings is 2. The SMILES string of the molecule is CCOC(=O)c1c(-c2ccccc2)cc(=O)n2ccccc12. The smallest absolute Gasteiger partial charge is 0.340 e. The molecule has 3 rings (SSSR count). The molecular weight excluding hydrogens is 278 g/mol. The largest absolute Gasteiger partial charge is 0.462 e. The molecule has 0 saturated heterocycles. The van der Waals surface area contributed by atoms with Gasteiger partial charge in [0.25, 0.3) is 5.56 Å². The van der Waals surface area contributed by atoms with Crippen LogP contribution in [0.25, 0.3) is 16.6 Å². The van der Waals surface area contributed by atoms with E-state index >= 15 is 0 Å². The van der Waals surface area contributed by atoms with Gasteiger partial charge < -0.3 is 4.74 Å². The first-order valence-corrected chi connectivity index (χ1v) is 7.09. The first-order valence-electron chi connectivity index (χ1n) is 7.09. The lowest BCUT2D eigenvalue weighted by Crippen LogP contribution is -2.18. The summed E-state index contributed by atoms with van der Waals surface area (Å²) in [6.45, 7) is 2.04. The fourth-order valence-electron chi connectivity index (χ4n) is 2.51. The molecule has 0 aliphatic carbocycles. The van der Waals surface area contributed by atoms with Gasteiger partial charge in [-0.3, -0.25) is 9.20 Å². The van der Waals surface area contributed by atoms with Crippen LogP contribution in [-0.2, 0) is 4.74 Å². The Balaban J connectivity index is 2.38. The molecule has 0 atom stereocenters. The van der Waals surface area contributed by atoms with Crippen molar-refractivity contribution in [1.82, 2.24) is 4.40 Å². The highest BCUT2D eigenvalue weighted by molar-refractivity contribution is 6.03. The molecule has 4 nitrogen and oxygen atoms in total. The minimum atomic E-state index is -0.426. The van der Waals surface area contributed by atoms with E-state index in [9.17, 15) is 9.59 Å². The normalized spacial score (nSPS) is 10.6. The van der Waals surface area contributed by atoms with Crippen molar-refractivity contribution in [2.24, 2.45) is 0 Å². The van der Waals surface area contributed by atoms with Gasteiger partial charge in [0.2, 0.25) is 0 Å². The highest BCUT2D eigenvalue weighted by atomic mass is 16.5. The number of nitrogens with zero attached hydrogens (tertiary/aromatic N) is 1. The predicted octanol–water partition coefficient (Wildman–Crippen LogP) is 3.14. The molecule has 1 aromatic carbocycles. The zero-order chi connectivity index (χ0) is 15.5. The van der Waals surface area contributed by atoms with Crippen molar-refractivity contribution in [2.45, 2.75) is 6.92 Å². The number of benzene rings is 1. The van der Waals surface area contributed by atoms with Gasteiger partial charge in [-0.15, -0.1) is 0 Å². The fourth-order valence-corrected chi connectivity index (χ4v) is 2.51. The van der Waals surface area contributed by atoms with Crippen molar-refractivity contribution in [3.8, 4) is 11.1 Å². The van der Waals surface area contributed by atoms with E-state index < -0.39 is 5.97 Å². The molecule has 0 bridgehead atoms. The molecule has 0 aliphatic heterocycles. The Morgan fingerprint density at radius 2 is 1.82 bits per heavy atom. The third-order valence-corrected chi connectivity index (χ3v) is 3.45. The molecule has 3 aromatic rings. The zero-order valence-corrected chi connectivity index (χ0v) is 12.2. The van der Waals surface area contributed by atoms with Crippen LogP contribution >= 0.6 is 0 Å². The quantitative estimate of drug-likeness (QED) is 0.697. The van der Waals surface area contributed by atoms with E-state index in [0.717, 1.165) is 5.56 Å². The minimum Gasteiger partial charge on any atom is -0.462 e. The van der Waals surface area contributed by atoms with Gasteiger partial charge in [-0.2, -0.15) is 0 Å². The molecule has 0 amide bonds. The lowest BCUT2D eigenvalue weighted by molar-refractivity contribution is 0.0529. The Kier molecular flexibility index (Phi) is 3.74. The van der Waals surface area contributed by atoms with Crippen molar-refractivity contribution in [3.63, 3.8) is 0 Å². The van der Waals surface area contributed by atoms with Gasteiger partial charge in [-0.25, -0.2) is 4.79 Å². The van der Waals surface area contributed by atoms with Crippen molar-refractivity contribution < 1.29 is 9.53 Å². The highest BCUT2D eigenvalue weighted by Gasteiger charge is 2.19. The summed E-state index contributed by atoms with van der Waals surface area (Å²) in [6, 6.07) is 16.2. The summed E-state index contributed by atoms with van der Waals surface area (Å²) >= 11 is 0. The number of hydrogen-bond donors (Lipinski definition) is 0. The standard InChI is InChI=1S/C18H15NO3/c1-2-22-18(21)17-14(13-8-4-3-5-9-13)12-16(20)19-11-7-6-10-15(17)19/h3-12H,2H2,1H3. The molecule has 0 aliphatic rings. The number of fused-ring (bicyclic) bond motifs is 1. The van der Waals surface area contributed by atoms with Gasteiger partial charge in [0.1, 0.15) is 0 Å². The molecule has 0 N–H and O–H groups in total. The third kappa shape index (κ3) is 2.39. The second-order valence-corrected chi connectivity index (χ2v) is 4.81. The highest BCUT2D eigenvalue weighted by Crippen LogP contribution is 2.26. The number of carbonyl (C=O) groups excluding carboxylic acids is 1. The van der Waals surface area contributed by atoms with E-state index in [1.807, 2.05) is 30.3 Å². The zero-order valence-electron chi connectivity index (χ0n) is 12.2. The molecule has 2 heterocycles. The van der Waals surface area contributed by atoms with Crippen LogP contribution < -0.4 is 5.56 Å². The number of ether oxygens (including phenoxy) is 1. The number of aromatic nitrogens is 1. The molecule has 110 valence electrons. The lowest BCUT2D eigenvalue weighted by Gasteiger charge is -2.12. The lowest BCUT2D eigenvalue weighted by atomic mass is 9.99. The topological polar surface area (TPSA) is 47.8 Å². The number of hydrogen-bond acceptors (Lipinski definition) is 3. The monoisotopic (exact) mass is 293 g/mol. The maximum Gasteiger partial charge on any atom is 0.340 e. The Morgan fingerprint density at radius 3 is 2.55 bits per heavy atom. The van der Waals surface area contributed by atoms with Gasteiger partial charge in [-0.1, -0.05) is 36.4 Å². The van der Waals surface area contributed by atoms with Gasteiger partial charge in [0, 0.05) is 17.8 Å². The molecule has 0 radical (unpaired) electrons. The fraction of sp³-hybridized carbons (Fsp3) is 0.111. The summed E-state index contributed by atoms with van der Waals surface area (Å²) in [5.41, 5.74) is 2.19. The average Bonchev–Trinajstić information content (AvgIpc) is 2.56. The van der Waals surface area contributed by atoms with Crippen molar-refractivity contribution in [3.05, 3.63) is 76.7 Å². The molecule has 0 unspecified atom stereocenters. The van der Waals surface area contributed by atoms with Gasteiger partial charge in [0.15, 0.2) is 0 Å². The van der Waals surface area contributed by atoms with E-state index in [1.54, 1.807) is 31.3 Å². The van der Waals surface area contributed by atoms with Crippen LogP contribution in [0.4, 0.5) is 0 Å². The van der Waals surface area contributed by atoms with Crippen LogP contribution in [0.3, 0.4) is 0 Å². The third-order valence-electron chi connectivity index (χ3n) is 3.45. The summed E-state index contributed by atoms with van der Waals surface area (Å²) in [5, 5.41) is 0. The minimum absolute atomic E-state index is 0.178. The van der Waals surface area contributed by atoms with E-state index in [0.29, 0.717) is 16.6 Å². The van der Waals surface area contributed by atoms with Crippen LogP contribution in [0.15, 0.2) is 65.6 Å². The molecule has 0 saturated carbocycles. The number of rotatable bonds is 3. The van der Waals surface area contributed by atoms with Crippen molar-refractivity contribution in [1.29, 1.82) is 0 Å². The Bertz CT molecular complexity index is 882. The molecule has 4 heteroatoms. The van der Waals surface area contributed by atoms with Crippen LogP contribution in [-0.4, -0.2) is 17.0 Å². The summed E-state index contributed by atoms with van der Waals surface area (Å²) in [7, 11) is 0. The van der Waals surface area contributed by atoms with Gasteiger partial charge >= 0.3 is 5.97 Å². The van der Waals surface area contributed by atoms with E-state index in [1.165, 1.54) is 10.5 Å². The Morgan fingerprint density at radius 1 is 1.09 bits per heavy atom. The maximum atomic E-state index is 12.4. The van der Waals surface area contributed by atoms with E-state index in [2.05, 4.69) is 0 Å². The molecule has 0 fully saturated rings. The molecule has 22 heavy (non-hydrogen) atoms. The van der Waals surface area contributed by atoms with Gasteiger partial charge in [0.05, 0.1) is 17.7 Å². The van der Waals surface area contributed by atoms with Crippen molar-refractivity contribution >= 4 is 11.5 Å². The first-order chi connectivity index (χ1) is 10.7. The second kappa shape index (κ2) is 5.85. The molecule has 0 spiro atoms. The maximum absolute atomic E-state index is 12.4. The summed E-state index contributed by atoms with van der Waals surface area (Å²) in [4.78, 5) is 24.7. The Hall–Kier alpha value is -2.88. The van der Waals surface area contributed by atoms with Crippen LogP contribution in [0.1, 0.15) is 17.3 Å². The van der Waals surface area contributed by atoms with Crippen LogP contribution in [0, 0.1) is 0 Å². The Labute approximate surface area is 127 Å². The first kappa shape index (κ1) is 14.1. The van der Waals surface area contributed by atoms with E-state index in [-0.39, 0.29) is 12.2 Å². The van der Waals surface area contributed by atoms with Crippen LogP contribution in [0.2, 0.25) is 0 Å². The van der Waals surface area contributed by atoms with Crippen LogP contribution in [0.5, 0.6) is 0 Å². The van der Waals surface area contributed by atoms with E-state index in [4.69, 9.17) is 4.74 Å². The predicted molar refractivity (Wildman–Crippen MR) is 85.1 cm³/mol. The van der Waals surface area contributed by atoms with Crippen molar-refractivity contribution in [2.75, 3.05) is 6.61 Å². The second-order valence-electron chi connectivity index (χ2n) is 4.81. The summed E-state index contributed by atoms with van der Waals surface area (Å²) in [5.74, 6) is -0.426. The number of esters is 1. The number of carbonyl (C=O) groups is 1. The summed E-state index contributed by atoms with van der Waals surface area (Å²) in [6.07, 6.45) is 1.65.